The molecule has 0 unspecified atom stereocenters. The van der Waals surface area contributed by atoms with E-state index in [1.54, 1.807) is 12.4 Å². The number of aromatic nitrogens is 1. The highest BCUT2D eigenvalue weighted by Gasteiger charge is 2.13. The van der Waals surface area contributed by atoms with Gasteiger partial charge in [0.25, 0.3) is 0 Å². The van der Waals surface area contributed by atoms with Crippen molar-refractivity contribution in [2.75, 3.05) is 6.54 Å². The van der Waals surface area contributed by atoms with E-state index in [0.717, 1.165) is 5.56 Å². The Hall–Kier alpha value is -1.42. The Labute approximate surface area is 103 Å². The summed E-state index contributed by atoms with van der Waals surface area (Å²) in [5.41, 5.74) is 1.01. The van der Waals surface area contributed by atoms with Crippen LogP contribution in [-0.2, 0) is 4.79 Å². The topological polar surface area (TPSA) is 54.0 Å². The Bertz CT molecular complexity index is 357. The highest BCUT2D eigenvalue weighted by Crippen LogP contribution is 2.09. The number of hydrogen-bond acceptors (Lipinski definition) is 3. The van der Waals surface area contributed by atoms with Crippen molar-refractivity contribution >= 4 is 5.91 Å². The lowest BCUT2D eigenvalue weighted by Crippen LogP contribution is -2.43. The maximum Gasteiger partial charge on any atom is 0.234 e. The average Bonchev–Trinajstić information content (AvgIpc) is 2.27. The summed E-state index contributed by atoms with van der Waals surface area (Å²) in [7, 11) is 0. The molecule has 0 aliphatic rings. The largest absolute Gasteiger partial charge is 0.348 e. The van der Waals surface area contributed by atoms with Crippen LogP contribution in [-0.4, -0.2) is 23.0 Å². The predicted molar refractivity (Wildman–Crippen MR) is 68.6 cm³/mol. The number of pyridine rings is 1. The molecule has 0 spiro atoms. The van der Waals surface area contributed by atoms with Gasteiger partial charge in [0.2, 0.25) is 5.91 Å². The Morgan fingerprint density at radius 2 is 1.94 bits per heavy atom. The molecular formula is C13H21N3O. The molecular weight excluding hydrogens is 214 g/mol. The normalized spacial score (nSPS) is 13.2. The van der Waals surface area contributed by atoms with E-state index in [9.17, 15) is 4.79 Å². The average molecular weight is 235 g/mol. The van der Waals surface area contributed by atoms with Crippen LogP contribution in [0.1, 0.15) is 39.3 Å². The summed E-state index contributed by atoms with van der Waals surface area (Å²) in [6.07, 6.45) is 3.46. The molecule has 4 nitrogen and oxygen atoms in total. The Balaban J connectivity index is 2.42. The summed E-state index contributed by atoms with van der Waals surface area (Å²) in [5, 5.41) is 6.09. The van der Waals surface area contributed by atoms with Gasteiger partial charge in [-0.15, -0.1) is 0 Å². The van der Waals surface area contributed by atoms with E-state index in [1.165, 1.54) is 0 Å². The maximum atomic E-state index is 11.7. The van der Waals surface area contributed by atoms with Gasteiger partial charge in [0, 0.05) is 17.9 Å². The molecule has 1 atom stereocenters. The Kier molecular flexibility index (Phi) is 4.63. The van der Waals surface area contributed by atoms with E-state index in [-0.39, 0.29) is 17.5 Å². The number of nitrogens with one attached hydrogen (secondary N) is 2. The summed E-state index contributed by atoms with van der Waals surface area (Å²) < 4.78 is 0. The van der Waals surface area contributed by atoms with Crippen molar-refractivity contribution in [2.45, 2.75) is 39.3 Å². The van der Waals surface area contributed by atoms with Crippen molar-refractivity contribution in [3.05, 3.63) is 30.1 Å². The summed E-state index contributed by atoms with van der Waals surface area (Å²) in [6, 6.07) is 3.82. The molecule has 1 rings (SSSR count). The van der Waals surface area contributed by atoms with Crippen LogP contribution in [0.15, 0.2) is 24.5 Å². The lowest BCUT2D eigenvalue weighted by molar-refractivity contribution is -0.121. The monoisotopic (exact) mass is 235 g/mol. The first-order valence-electron chi connectivity index (χ1n) is 5.83. The standard InChI is InChI=1S/C13H21N3O/c1-10(11-5-7-14-8-6-11)16-12(17)9-15-13(2,3)4/h5-8,10,15H,9H2,1-4H3,(H,16,17)/t10-/m1/s1. The second-order valence-corrected chi connectivity index (χ2v) is 5.17. The molecule has 1 heterocycles. The quantitative estimate of drug-likeness (QED) is 0.834. The fraction of sp³-hybridized carbons (Fsp3) is 0.538. The molecule has 0 aliphatic carbocycles. The SMILES string of the molecule is C[C@@H](NC(=O)CNC(C)(C)C)c1ccncc1. The van der Waals surface area contributed by atoms with E-state index in [0.29, 0.717) is 6.54 Å². The van der Waals surface area contributed by atoms with Gasteiger partial charge in [-0.1, -0.05) is 0 Å². The molecule has 0 fully saturated rings. The summed E-state index contributed by atoms with van der Waals surface area (Å²) >= 11 is 0. The molecule has 2 N–H and O–H groups in total. The smallest absolute Gasteiger partial charge is 0.234 e. The van der Waals surface area contributed by atoms with Gasteiger partial charge >= 0.3 is 0 Å². The number of rotatable bonds is 4. The van der Waals surface area contributed by atoms with Crippen LogP contribution in [0.2, 0.25) is 0 Å². The molecule has 1 aromatic rings. The zero-order valence-corrected chi connectivity index (χ0v) is 10.9. The minimum Gasteiger partial charge on any atom is -0.348 e. The molecule has 0 aromatic carbocycles. The third-order valence-electron chi connectivity index (χ3n) is 2.36. The third-order valence-corrected chi connectivity index (χ3v) is 2.36. The number of carbonyl (C=O) groups is 1. The molecule has 1 amide bonds. The zero-order chi connectivity index (χ0) is 12.9. The Morgan fingerprint density at radius 3 is 2.47 bits per heavy atom. The van der Waals surface area contributed by atoms with Crippen LogP contribution in [0.3, 0.4) is 0 Å². The highest BCUT2D eigenvalue weighted by molar-refractivity contribution is 5.78. The molecule has 4 heteroatoms. The first kappa shape index (κ1) is 13.6. The Morgan fingerprint density at radius 1 is 1.35 bits per heavy atom. The molecule has 0 saturated heterocycles. The predicted octanol–water partition coefficient (Wildman–Crippen LogP) is 1.65. The summed E-state index contributed by atoms with van der Waals surface area (Å²) in [4.78, 5) is 15.6. The van der Waals surface area contributed by atoms with Crippen LogP contribution in [0.25, 0.3) is 0 Å². The van der Waals surface area contributed by atoms with Crippen LogP contribution < -0.4 is 10.6 Å². The van der Waals surface area contributed by atoms with Crippen molar-refractivity contribution in [3.8, 4) is 0 Å². The second-order valence-electron chi connectivity index (χ2n) is 5.17. The van der Waals surface area contributed by atoms with Gasteiger partial charge in [-0.2, -0.15) is 0 Å². The fourth-order valence-electron chi connectivity index (χ4n) is 1.37. The molecule has 0 aliphatic heterocycles. The van der Waals surface area contributed by atoms with E-state index >= 15 is 0 Å². The van der Waals surface area contributed by atoms with Crippen molar-refractivity contribution in [1.82, 2.24) is 15.6 Å². The van der Waals surface area contributed by atoms with Crippen molar-refractivity contribution in [3.63, 3.8) is 0 Å². The van der Waals surface area contributed by atoms with Gasteiger partial charge in [-0.05, 0) is 45.4 Å². The van der Waals surface area contributed by atoms with Crippen LogP contribution in [0.5, 0.6) is 0 Å². The first-order valence-corrected chi connectivity index (χ1v) is 5.83. The second kappa shape index (κ2) is 5.77. The van der Waals surface area contributed by atoms with E-state index < -0.39 is 0 Å². The van der Waals surface area contributed by atoms with E-state index in [1.807, 2.05) is 39.8 Å². The number of amides is 1. The van der Waals surface area contributed by atoms with Crippen LogP contribution in [0.4, 0.5) is 0 Å². The molecule has 1 aromatic heterocycles. The molecule has 0 saturated carbocycles. The lowest BCUT2D eigenvalue weighted by Gasteiger charge is -2.21. The number of carbonyl (C=O) groups excluding carboxylic acids is 1. The van der Waals surface area contributed by atoms with Crippen molar-refractivity contribution < 1.29 is 4.79 Å². The molecule has 94 valence electrons. The van der Waals surface area contributed by atoms with Crippen LogP contribution in [0, 0.1) is 0 Å². The third kappa shape index (κ3) is 5.45. The molecule has 0 radical (unpaired) electrons. The van der Waals surface area contributed by atoms with Gasteiger partial charge in [0.1, 0.15) is 0 Å². The zero-order valence-electron chi connectivity index (χ0n) is 10.9. The van der Waals surface area contributed by atoms with Crippen molar-refractivity contribution in [1.29, 1.82) is 0 Å². The molecule has 0 bridgehead atoms. The van der Waals surface area contributed by atoms with Gasteiger partial charge in [-0.3, -0.25) is 9.78 Å². The maximum absolute atomic E-state index is 11.7. The van der Waals surface area contributed by atoms with Crippen molar-refractivity contribution in [2.24, 2.45) is 0 Å². The number of hydrogen-bond donors (Lipinski definition) is 2. The van der Waals surface area contributed by atoms with Gasteiger partial charge in [0.15, 0.2) is 0 Å². The van der Waals surface area contributed by atoms with E-state index in [2.05, 4.69) is 15.6 Å². The summed E-state index contributed by atoms with van der Waals surface area (Å²) in [6.45, 7) is 8.40. The first-order chi connectivity index (χ1) is 7.88. The minimum atomic E-state index is -0.0444. The lowest BCUT2D eigenvalue weighted by atomic mass is 10.1. The summed E-state index contributed by atoms with van der Waals surface area (Å²) in [5.74, 6) is 0.00392. The molecule has 17 heavy (non-hydrogen) atoms. The fourth-order valence-corrected chi connectivity index (χ4v) is 1.37. The minimum absolute atomic E-state index is 0.00392. The number of nitrogens with zero attached hydrogens (tertiary/aromatic N) is 1. The highest BCUT2D eigenvalue weighted by atomic mass is 16.1. The van der Waals surface area contributed by atoms with E-state index in [4.69, 9.17) is 0 Å². The van der Waals surface area contributed by atoms with Gasteiger partial charge in [-0.25, -0.2) is 0 Å². The van der Waals surface area contributed by atoms with Gasteiger partial charge < -0.3 is 10.6 Å². The van der Waals surface area contributed by atoms with Crippen LogP contribution >= 0.6 is 0 Å². The van der Waals surface area contributed by atoms with Gasteiger partial charge in [0.05, 0.1) is 12.6 Å².